The number of nitrogens with zero attached hydrogens (tertiary/aromatic N) is 1. The van der Waals surface area contributed by atoms with Crippen LogP contribution in [0.25, 0.3) is 0 Å². The van der Waals surface area contributed by atoms with Gasteiger partial charge in [-0.05, 0) is 37.4 Å². The monoisotopic (exact) mass is 290 g/mol. The van der Waals surface area contributed by atoms with Crippen LogP contribution in [0.4, 0.5) is 0 Å². The van der Waals surface area contributed by atoms with E-state index in [9.17, 15) is 0 Å². The highest BCUT2D eigenvalue weighted by Crippen LogP contribution is 2.39. The van der Waals surface area contributed by atoms with Gasteiger partial charge < -0.3 is 5.32 Å². The van der Waals surface area contributed by atoms with Crippen LogP contribution in [0.15, 0.2) is 40.2 Å². The molecule has 1 aliphatic carbocycles. The SMILES string of the molecule is CNC1c2ccccc2CCCC1Sc1nccs1. The first-order valence-corrected chi connectivity index (χ1v) is 8.45. The topological polar surface area (TPSA) is 24.9 Å². The molecule has 1 N–H and O–H groups in total. The zero-order chi connectivity index (χ0) is 13.1. The van der Waals surface area contributed by atoms with E-state index in [0.29, 0.717) is 11.3 Å². The van der Waals surface area contributed by atoms with Crippen LogP contribution in [-0.4, -0.2) is 17.3 Å². The van der Waals surface area contributed by atoms with Crippen molar-refractivity contribution in [2.24, 2.45) is 0 Å². The normalized spacial score (nSPS) is 22.8. The second kappa shape index (κ2) is 6.07. The van der Waals surface area contributed by atoms with E-state index in [2.05, 4.69) is 47.0 Å². The maximum Gasteiger partial charge on any atom is 0.150 e. The van der Waals surface area contributed by atoms with Crippen molar-refractivity contribution in [3.05, 3.63) is 47.0 Å². The van der Waals surface area contributed by atoms with Crippen molar-refractivity contribution in [1.82, 2.24) is 10.3 Å². The average Bonchev–Trinajstić information content (AvgIpc) is 2.87. The summed E-state index contributed by atoms with van der Waals surface area (Å²) in [6.45, 7) is 0. The summed E-state index contributed by atoms with van der Waals surface area (Å²) >= 11 is 3.67. The molecule has 100 valence electrons. The largest absolute Gasteiger partial charge is 0.312 e. The van der Waals surface area contributed by atoms with Gasteiger partial charge in [0.25, 0.3) is 0 Å². The Labute approximate surface area is 122 Å². The molecule has 0 amide bonds. The second-order valence-electron chi connectivity index (χ2n) is 4.81. The maximum absolute atomic E-state index is 4.42. The van der Waals surface area contributed by atoms with Gasteiger partial charge in [0.1, 0.15) is 4.34 Å². The minimum Gasteiger partial charge on any atom is -0.312 e. The van der Waals surface area contributed by atoms with E-state index in [1.807, 2.05) is 18.0 Å². The van der Waals surface area contributed by atoms with Crippen molar-refractivity contribution in [2.75, 3.05) is 7.05 Å². The molecule has 0 saturated heterocycles. The van der Waals surface area contributed by atoms with Gasteiger partial charge in [-0.1, -0.05) is 36.0 Å². The lowest BCUT2D eigenvalue weighted by Crippen LogP contribution is -2.26. The van der Waals surface area contributed by atoms with E-state index >= 15 is 0 Å². The van der Waals surface area contributed by atoms with Crippen LogP contribution < -0.4 is 5.32 Å². The Hall–Kier alpha value is -0.840. The third kappa shape index (κ3) is 2.86. The second-order valence-corrected chi connectivity index (χ2v) is 7.19. The van der Waals surface area contributed by atoms with E-state index < -0.39 is 0 Å². The molecule has 3 rings (SSSR count). The number of thiazole rings is 1. The fourth-order valence-electron chi connectivity index (χ4n) is 2.79. The van der Waals surface area contributed by atoms with Crippen LogP contribution in [0.5, 0.6) is 0 Å². The summed E-state index contributed by atoms with van der Waals surface area (Å²) in [7, 11) is 2.07. The van der Waals surface area contributed by atoms with Gasteiger partial charge in [0, 0.05) is 22.9 Å². The molecule has 0 fully saturated rings. The molecule has 0 bridgehead atoms. The number of aromatic nitrogens is 1. The fraction of sp³-hybridized carbons (Fsp3) is 0.400. The predicted molar refractivity (Wildman–Crippen MR) is 82.9 cm³/mol. The minimum atomic E-state index is 0.424. The van der Waals surface area contributed by atoms with Gasteiger partial charge in [-0.15, -0.1) is 11.3 Å². The Morgan fingerprint density at radius 2 is 2.26 bits per heavy atom. The molecule has 2 nitrogen and oxygen atoms in total. The molecule has 0 saturated carbocycles. The van der Waals surface area contributed by atoms with E-state index in [0.717, 1.165) is 0 Å². The van der Waals surface area contributed by atoms with Crippen molar-refractivity contribution in [3.8, 4) is 0 Å². The van der Waals surface area contributed by atoms with Crippen LogP contribution in [0.2, 0.25) is 0 Å². The summed E-state index contributed by atoms with van der Waals surface area (Å²) in [5, 5.41) is 6.14. The number of benzene rings is 1. The summed E-state index contributed by atoms with van der Waals surface area (Å²) in [6, 6.07) is 9.28. The van der Waals surface area contributed by atoms with Gasteiger partial charge in [-0.25, -0.2) is 4.98 Å². The van der Waals surface area contributed by atoms with Gasteiger partial charge in [-0.3, -0.25) is 0 Å². The number of thioether (sulfide) groups is 1. The summed E-state index contributed by atoms with van der Waals surface area (Å²) in [4.78, 5) is 4.42. The Bertz CT molecular complexity index is 525. The number of hydrogen-bond acceptors (Lipinski definition) is 4. The molecule has 2 atom stereocenters. The third-order valence-corrected chi connectivity index (χ3v) is 5.93. The number of fused-ring (bicyclic) bond motifs is 1. The molecule has 0 aliphatic heterocycles. The maximum atomic E-state index is 4.42. The number of hydrogen-bond donors (Lipinski definition) is 1. The van der Waals surface area contributed by atoms with Crippen molar-refractivity contribution in [2.45, 2.75) is 34.9 Å². The Morgan fingerprint density at radius 1 is 1.37 bits per heavy atom. The lowest BCUT2D eigenvalue weighted by molar-refractivity contribution is 0.548. The van der Waals surface area contributed by atoms with E-state index in [4.69, 9.17) is 0 Å². The standard InChI is InChI=1S/C15H18N2S2/c1-16-14-12-7-3-2-5-11(12)6-4-8-13(14)19-15-17-9-10-18-15/h2-3,5,7,9-10,13-14,16H,4,6,8H2,1H3. The van der Waals surface area contributed by atoms with Crippen LogP contribution >= 0.6 is 23.1 Å². The Kier molecular flexibility index (Phi) is 4.21. The zero-order valence-electron chi connectivity index (χ0n) is 11.0. The predicted octanol–water partition coefficient (Wildman–Crippen LogP) is 3.90. The van der Waals surface area contributed by atoms with Gasteiger partial charge in [0.2, 0.25) is 0 Å². The fourth-order valence-corrected chi connectivity index (χ4v) is 5.00. The molecule has 19 heavy (non-hydrogen) atoms. The highest BCUT2D eigenvalue weighted by molar-refractivity contribution is 8.01. The van der Waals surface area contributed by atoms with Gasteiger partial charge in [0.05, 0.1) is 0 Å². The van der Waals surface area contributed by atoms with Gasteiger partial charge in [0.15, 0.2) is 0 Å². The van der Waals surface area contributed by atoms with Crippen molar-refractivity contribution >= 4 is 23.1 Å². The molecular weight excluding hydrogens is 272 g/mol. The van der Waals surface area contributed by atoms with Crippen LogP contribution in [0.3, 0.4) is 0 Å². The molecule has 1 aromatic heterocycles. The van der Waals surface area contributed by atoms with Crippen molar-refractivity contribution in [1.29, 1.82) is 0 Å². The zero-order valence-corrected chi connectivity index (χ0v) is 12.6. The number of nitrogens with one attached hydrogen (secondary N) is 1. The third-order valence-electron chi connectivity index (χ3n) is 3.67. The van der Waals surface area contributed by atoms with Crippen LogP contribution in [0, 0.1) is 0 Å². The smallest absolute Gasteiger partial charge is 0.150 e. The molecule has 1 aliphatic rings. The highest BCUT2D eigenvalue weighted by atomic mass is 32.2. The molecular formula is C15H18N2S2. The molecule has 1 aromatic carbocycles. The van der Waals surface area contributed by atoms with Gasteiger partial charge in [-0.2, -0.15) is 0 Å². The molecule has 1 heterocycles. The summed E-state index contributed by atoms with van der Waals surface area (Å²) in [5.74, 6) is 0. The van der Waals surface area contributed by atoms with Gasteiger partial charge >= 0.3 is 0 Å². The van der Waals surface area contributed by atoms with Crippen LogP contribution in [0.1, 0.15) is 30.0 Å². The molecule has 0 radical (unpaired) electrons. The molecule has 2 aromatic rings. The summed E-state index contributed by atoms with van der Waals surface area (Å²) in [5.41, 5.74) is 2.97. The summed E-state index contributed by atoms with van der Waals surface area (Å²) < 4.78 is 1.18. The Morgan fingerprint density at radius 3 is 3.05 bits per heavy atom. The van der Waals surface area contributed by atoms with E-state index in [1.54, 1.807) is 11.3 Å². The first-order valence-electron chi connectivity index (χ1n) is 6.69. The first-order chi connectivity index (χ1) is 9.38. The van der Waals surface area contributed by atoms with E-state index in [-0.39, 0.29) is 0 Å². The lowest BCUT2D eigenvalue weighted by atomic mass is 9.99. The molecule has 4 heteroatoms. The lowest BCUT2D eigenvalue weighted by Gasteiger charge is -2.25. The number of rotatable bonds is 3. The quantitative estimate of drug-likeness (QED) is 0.868. The average molecular weight is 290 g/mol. The highest BCUT2D eigenvalue weighted by Gasteiger charge is 2.27. The number of aryl methyl sites for hydroxylation is 1. The summed E-state index contributed by atoms with van der Waals surface area (Å²) in [6.07, 6.45) is 5.60. The molecule has 2 unspecified atom stereocenters. The van der Waals surface area contributed by atoms with Crippen molar-refractivity contribution in [3.63, 3.8) is 0 Å². The van der Waals surface area contributed by atoms with E-state index in [1.165, 1.54) is 34.7 Å². The minimum absolute atomic E-state index is 0.424. The van der Waals surface area contributed by atoms with Crippen molar-refractivity contribution < 1.29 is 0 Å². The first kappa shape index (κ1) is 13.2. The molecule has 0 spiro atoms. The van der Waals surface area contributed by atoms with Crippen LogP contribution in [-0.2, 0) is 6.42 Å². The Balaban J connectivity index is 1.88.